The third-order valence-electron chi connectivity index (χ3n) is 4.18. The van der Waals surface area contributed by atoms with Crippen LogP contribution in [-0.4, -0.2) is 37.5 Å². The molecule has 0 spiro atoms. The lowest BCUT2D eigenvalue weighted by Crippen LogP contribution is -2.28. The SMILES string of the molecule is Cc1cccc(SCC(=O)Nc2cccc(S(=O)(=O)N3CCCC3)c2)c1. The van der Waals surface area contributed by atoms with E-state index in [0.717, 1.165) is 23.3 Å². The maximum absolute atomic E-state index is 12.6. The normalized spacial score (nSPS) is 15.1. The monoisotopic (exact) mass is 390 g/mol. The molecule has 0 saturated carbocycles. The molecule has 1 aliphatic rings. The van der Waals surface area contributed by atoms with Crippen molar-refractivity contribution in [1.82, 2.24) is 4.31 Å². The van der Waals surface area contributed by atoms with Crippen LogP contribution >= 0.6 is 11.8 Å². The standard InChI is InChI=1S/C19H22N2O3S2/c1-15-6-4-8-17(12-15)25-14-19(22)20-16-7-5-9-18(13-16)26(23,24)21-10-2-3-11-21/h4-9,12-13H,2-3,10-11,14H2,1H3,(H,20,22). The second kappa shape index (κ2) is 8.24. The number of hydrogen-bond acceptors (Lipinski definition) is 4. The van der Waals surface area contributed by atoms with Crippen molar-refractivity contribution < 1.29 is 13.2 Å². The molecule has 1 aliphatic heterocycles. The first-order valence-corrected chi connectivity index (χ1v) is 11.0. The molecule has 1 heterocycles. The number of rotatable bonds is 6. The largest absolute Gasteiger partial charge is 0.325 e. The third-order valence-corrected chi connectivity index (χ3v) is 7.07. The number of sulfonamides is 1. The molecule has 1 saturated heterocycles. The number of carbonyl (C=O) groups is 1. The highest BCUT2D eigenvalue weighted by Crippen LogP contribution is 2.24. The van der Waals surface area contributed by atoms with Gasteiger partial charge in [-0.3, -0.25) is 4.79 Å². The molecular formula is C19H22N2O3S2. The number of nitrogens with zero attached hydrogens (tertiary/aromatic N) is 1. The smallest absolute Gasteiger partial charge is 0.243 e. The van der Waals surface area contributed by atoms with Crippen LogP contribution in [-0.2, 0) is 14.8 Å². The van der Waals surface area contributed by atoms with Gasteiger partial charge in [0, 0.05) is 23.7 Å². The number of aryl methyl sites for hydroxylation is 1. The molecule has 0 unspecified atom stereocenters. The van der Waals surface area contributed by atoms with Gasteiger partial charge in [0.2, 0.25) is 15.9 Å². The summed E-state index contributed by atoms with van der Waals surface area (Å²) in [6.07, 6.45) is 1.79. The van der Waals surface area contributed by atoms with E-state index >= 15 is 0 Å². The quantitative estimate of drug-likeness (QED) is 0.767. The minimum absolute atomic E-state index is 0.160. The summed E-state index contributed by atoms with van der Waals surface area (Å²) in [7, 11) is -3.48. The topological polar surface area (TPSA) is 66.5 Å². The number of amides is 1. The Morgan fingerprint density at radius 2 is 1.85 bits per heavy atom. The Morgan fingerprint density at radius 1 is 1.12 bits per heavy atom. The zero-order valence-corrected chi connectivity index (χ0v) is 16.3. The Labute approximate surface area is 158 Å². The number of nitrogens with one attached hydrogen (secondary N) is 1. The molecule has 1 N–H and O–H groups in total. The van der Waals surface area contributed by atoms with E-state index in [-0.39, 0.29) is 16.6 Å². The Bertz CT molecular complexity index is 891. The van der Waals surface area contributed by atoms with Crippen LogP contribution in [0, 0.1) is 6.92 Å². The average molecular weight is 391 g/mol. The van der Waals surface area contributed by atoms with Crippen molar-refractivity contribution in [3.05, 3.63) is 54.1 Å². The van der Waals surface area contributed by atoms with E-state index in [9.17, 15) is 13.2 Å². The van der Waals surface area contributed by atoms with E-state index in [4.69, 9.17) is 0 Å². The van der Waals surface area contributed by atoms with Crippen molar-refractivity contribution in [2.75, 3.05) is 24.2 Å². The molecular weight excluding hydrogens is 368 g/mol. The summed E-state index contributed by atoms with van der Waals surface area (Å²) in [5.74, 6) is 0.110. The number of hydrogen-bond donors (Lipinski definition) is 1. The summed E-state index contributed by atoms with van der Waals surface area (Å²) in [6.45, 7) is 3.13. The fourth-order valence-electron chi connectivity index (χ4n) is 2.86. The molecule has 26 heavy (non-hydrogen) atoms. The van der Waals surface area contributed by atoms with Gasteiger partial charge in [-0.15, -0.1) is 11.8 Å². The minimum atomic E-state index is -3.48. The van der Waals surface area contributed by atoms with E-state index in [1.807, 2.05) is 31.2 Å². The van der Waals surface area contributed by atoms with Gasteiger partial charge in [0.25, 0.3) is 0 Å². The first-order chi connectivity index (χ1) is 12.4. The van der Waals surface area contributed by atoms with Crippen molar-refractivity contribution in [3.63, 3.8) is 0 Å². The van der Waals surface area contributed by atoms with Crippen LogP contribution < -0.4 is 5.32 Å². The molecule has 0 atom stereocenters. The lowest BCUT2D eigenvalue weighted by Gasteiger charge is -2.16. The van der Waals surface area contributed by atoms with Crippen molar-refractivity contribution in [2.24, 2.45) is 0 Å². The highest BCUT2D eigenvalue weighted by atomic mass is 32.2. The molecule has 2 aromatic rings. The second-order valence-corrected chi connectivity index (χ2v) is 9.28. The predicted octanol–water partition coefficient (Wildman–Crippen LogP) is 3.51. The molecule has 1 fully saturated rings. The van der Waals surface area contributed by atoms with Crippen LogP contribution in [0.15, 0.2) is 58.3 Å². The summed E-state index contributed by atoms with van der Waals surface area (Å²) in [5, 5.41) is 2.79. The van der Waals surface area contributed by atoms with Crippen LogP contribution in [0.25, 0.3) is 0 Å². The van der Waals surface area contributed by atoms with Crippen molar-refractivity contribution in [3.8, 4) is 0 Å². The number of anilines is 1. The van der Waals surface area contributed by atoms with Gasteiger partial charge < -0.3 is 5.32 Å². The minimum Gasteiger partial charge on any atom is -0.325 e. The number of benzene rings is 2. The Hall–Kier alpha value is -1.83. The van der Waals surface area contributed by atoms with Gasteiger partial charge >= 0.3 is 0 Å². The lowest BCUT2D eigenvalue weighted by atomic mass is 10.2. The summed E-state index contributed by atoms with van der Waals surface area (Å²) in [5.41, 5.74) is 1.65. The van der Waals surface area contributed by atoms with Gasteiger partial charge in [0.1, 0.15) is 0 Å². The van der Waals surface area contributed by atoms with Crippen molar-refractivity contribution in [2.45, 2.75) is 29.6 Å². The average Bonchev–Trinajstić information content (AvgIpc) is 3.16. The number of carbonyl (C=O) groups excluding carboxylic acids is 1. The van der Waals surface area contributed by atoms with Crippen LogP contribution in [0.1, 0.15) is 18.4 Å². The van der Waals surface area contributed by atoms with Gasteiger partial charge in [0.05, 0.1) is 10.6 Å². The fourth-order valence-corrected chi connectivity index (χ4v) is 5.24. The third kappa shape index (κ3) is 4.66. The molecule has 0 radical (unpaired) electrons. The van der Waals surface area contributed by atoms with E-state index in [2.05, 4.69) is 5.32 Å². The highest BCUT2D eigenvalue weighted by molar-refractivity contribution is 8.00. The molecule has 0 bridgehead atoms. The van der Waals surface area contributed by atoms with E-state index in [0.29, 0.717) is 18.8 Å². The molecule has 138 valence electrons. The molecule has 1 amide bonds. The molecule has 7 heteroatoms. The summed E-state index contributed by atoms with van der Waals surface area (Å²) >= 11 is 1.45. The van der Waals surface area contributed by atoms with Crippen LogP contribution in [0.3, 0.4) is 0 Å². The Balaban J connectivity index is 1.64. The molecule has 5 nitrogen and oxygen atoms in total. The highest BCUT2D eigenvalue weighted by Gasteiger charge is 2.27. The maximum Gasteiger partial charge on any atom is 0.243 e. The van der Waals surface area contributed by atoms with E-state index < -0.39 is 10.0 Å². The zero-order chi connectivity index (χ0) is 18.6. The van der Waals surface area contributed by atoms with Crippen molar-refractivity contribution in [1.29, 1.82) is 0 Å². The molecule has 0 aromatic heterocycles. The van der Waals surface area contributed by atoms with Gasteiger partial charge in [-0.25, -0.2) is 8.42 Å². The molecule has 0 aliphatic carbocycles. The van der Waals surface area contributed by atoms with E-state index in [1.54, 1.807) is 18.2 Å². The van der Waals surface area contributed by atoms with Crippen LogP contribution in [0.5, 0.6) is 0 Å². The Kier molecular flexibility index (Phi) is 6.01. The fraction of sp³-hybridized carbons (Fsp3) is 0.316. The zero-order valence-electron chi connectivity index (χ0n) is 14.6. The van der Waals surface area contributed by atoms with Crippen LogP contribution in [0.4, 0.5) is 5.69 Å². The second-order valence-electron chi connectivity index (χ2n) is 6.29. The predicted molar refractivity (Wildman–Crippen MR) is 105 cm³/mol. The van der Waals surface area contributed by atoms with Gasteiger partial charge in [-0.05, 0) is 50.1 Å². The van der Waals surface area contributed by atoms with Gasteiger partial charge in [0.15, 0.2) is 0 Å². The van der Waals surface area contributed by atoms with Gasteiger partial charge in [-0.1, -0.05) is 23.8 Å². The first kappa shape index (κ1) is 18.9. The van der Waals surface area contributed by atoms with Crippen LogP contribution in [0.2, 0.25) is 0 Å². The van der Waals surface area contributed by atoms with E-state index in [1.165, 1.54) is 22.1 Å². The first-order valence-electron chi connectivity index (χ1n) is 8.55. The summed E-state index contributed by atoms with van der Waals surface area (Å²) in [4.78, 5) is 13.5. The van der Waals surface area contributed by atoms with Crippen molar-refractivity contribution >= 4 is 33.4 Å². The summed E-state index contributed by atoms with van der Waals surface area (Å²) < 4.78 is 26.7. The lowest BCUT2D eigenvalue weighted by molar-refractivity contribution is -0.113. The Morgan fingerprint density at radius 3 is 2.58 bits per heavy atom. The number of thioether (sulfide) groups is 1. The maximum atomic E-state index is 12.6. The summed E-state index contributed by atoms with van der Waals surface area (Å²) in [6, 6.07) is 14.4. The molecule has 3 rings (SSSR count). The molecule has 2 aromatic carbocycles. The van der Waals surface area contributed by atoms with Gasteiger partial charge in [-0.2, -0.15) is 4.31 Å².